The topological polar surface area (TPSA) is 34.2 Å². The molecule has 6 heteroatoms. The predicted molar refractivity (Wildman–Crippen MR) is 107 cm³/mol. The van der Waals surface area contributed by atoms with E-state index in [0.29, 0.717) is 5.75 Å². The Hall–Kier alpha value is -1.17. The lowest BCUT2D eigenvalue weighted by molar-refractivity contribution is 0.0892. The molecule has 2 heterocycles. The fourth-order valence-corrected chi connectivity index (χ4v) is 4.18. The standard InChI is InChI=1S/C20H32N2O3.ClH/c1-23-18-14-20(25-3)19(24-2)13-16(18)15-21-11-7-17(8-12-21)22-9-5-4-6-10-22;/h13-14,17H,4-12,15H2,1-3H3;1H. The molecule has 0 N–H and O–H groups in total. The fraction of sp³-hybridized carbons (Fsp3) is 0.700. The van der Waals surface area contributed by atoms with Crippen LogP contribution in [0.3, 0.4) is 0 Å². The lowest BCUT2D eigenvalue weighted by atomic mass is 9.99. The second-order valence-corrected chi connectivity index (χ2v) is 7.12. The Balaban J connectivity index is 0.00000243. The lowest BCUT2D eigenvalue weighted by Gasteiger charge is -2.40. The van der Waals surface area contributed by atoms with Crippen LogP contribution in [-0.2, 0) is 6.54 Å². The zero-order valence-corrected chi connectivity index (χ0v) is 17.1. The van der Waals surface area contributed by atoms with E-state index >= 15 is 0 Å². The molecule has 0 atom stereocenters. The molecule has 0 saturated carbocycles. The Morgan fingerprint density at radius 3 is 1.96 bits per heavy atom. The molecule has 26 heavy (non-hydrogen) atoms. The molecular formula is C20H33ClN2O3. The van der Waals surface area contributed by atoms with Gasteiger partial charge < -0.3 is 19.1 Å². The second-order valence-electron chi connectivity index (χ2n) is 7.12. The molecule has 5 nitrogen and oxygen atoms in total. The van der Waals surface area contributed by atoms with E-state index in [9.17, 15) is 0 Å². The zero-order chi connectivity index (χ0) is 17.6. The van der Waals surface area contributed by atoms with Crippen LogP contribution in [-0.4, -0.2) is 63.4 Å². The molecule has 2 aliphatic heterocycles. The number of likely N-dealkylation sites (tertiary alicyclic amines) is 2. The van der Waals surface area contributed by atoms with E-state index in [4.69, 9.17) is 14.2 Å². The van der Waals surface area contributed by atoms with E-state index in [1.165, 1.54) is 45.2 Å². The Labute approximate surface area is 164 Å². The van der Waals surface area contributed by atoms with Crippen LogP contribution in [0.25, 0.3) is 0 Å². The highest BCUT2D eigenvalue weighted by Gasteiger charge is 2.26. The zero-order valence-electron chi connectivity index (χ0n) is 16.3. The average Bonchev–Trinajstić information content (AvgIpc) is 2.69. The quantitative estimate of drug-likeness (QED) is 0.748. The maximum atomic E-state index is 5.57. The van der Waals surface area contributed by atoms with Gasteiger partial charge in [0.2, 0.25) is 0 Å². The van der Waals surface area contributed by atoms with Gasteiger partial charge in [-0.3, -0.25) is 4.90 Å². The minimum atomic E-state index is 0. The number of benzene rings is 1. The van der Waals surface area contributed by atoms with Gasteiger partial charge in [-0.2, -0.15) is 0 Å². The van der Waals surface area contributed by atoms with Crippen LogP contribution in [0.15, 0.2) is 12.1 Å². The molecule has 0 amide bonds. The van der Waals surface area contributed by atoms with Crippen LogP contribution in [0.1, 0.15) is 37.7 Å². The van der Waals surface area contributed by atoms with Crippen molar-refractivity contribution < 1.29 is 14.2 Å². The Morgan fingerprint density at radius 1 is 0.808 bits per heavy atom. The van der Waals surface area contributed by atoms with Crippen molar-refractivity contribution in [1.82, 2.24) is 9.80 Å². The van der Waals surface area contributed by atoms with Crippen molar-refractivity contribution in [3.8, 4) is 17.2 Å². The number of piperidine rings is 2. The molecule has 148 valence electrons. The number of nitrogens with zero attached hydrogens (tertiary/aromatic N) is 2. The highest BCUT2D eigenvalue weighted by molar-refractivity contribution is 5.85. The Morgan fingerprint density at radius 2 is 1.38 bits per heavy atom. The first-order valence-electron chi connectivity index (χ1n) is 9.50. The van der Waals surface area contributed by atoms with E-state index in [0.717, 1.165) is 42.7 Å². The van der Waals surface area contributed by atoms with Crippen molar-refractivity contribution in [2.24, 2.45) is 0 Å². The van der Waals surface area contributed by atoms with Crippen molar-refractivity contribution in [3.05, 3.63) is 17.7 Å². The van der Waals surface area contributed by atoms with Gasteiger partial charge in [0.15, 0.2) is 11.5 Å². The van der Waals surface area contributed by atoms with Gasteiger partial charge in [0, 0.05) is 24.2 Å². The molecular weight excluding hydrogens is 352 g/mol. The number of methoxy groups -OCH3 is 3. The van der Waals surface area contributed by atoms with Gasteiger partial charge >= 0.3 is 0 Å². The summed E-state index contributed by atoms with van der Waals surface area (Å²) in [6, 6.07) is 4.76. The largest absolute Gasteiger partial charge is 0.496 e. The van der Waals surface area contributed by atoms with Crippen LogP contribution in [0.4, 0.5) is 0 Å². The maximum absolute atomic E-state index is 5.57. The van der Waals surface area contributed by atoms with Gasteiger partial charge in [-0.1, -0.05) is 6.42 Å². The van der Waals surface area contributed by atoms with Gasteiger partial charge in [0.25, 0.3) is 0 Å². The van der Waals surface area contributed by atoms with Crippen molar-refractivity contribution in [2.45, 2.75) is 44.7 Å². The fourth-order valence-electron chi connectivity index (χ4n) is 4.18. The number of ether oxygens (including phenoxy) is 3. The molecule has 1 aromatic rings. The first-order valence-corrected chi connectivity index (χ1v) is 9.50. The van der Waals surface area contributed by atoms with Crippen molar-refractivity contribution in [2.75, 3.05) is 47.5 Å². The van der Waals surface area contributed by atoms with Gasteiger partial charge in [0.05, 0.1) is 21.3 Å². The van der Waals surface area contributed by atoms with Crippen LogP contribution < -0.4 is 14.2 Å². The smallest absolute Gasteiger partial charge is 0.164 e. The van der Waals surface area contributed by atoms with Crippen molar-refractivity contribution in [1.29, 1.82) is 0 Å². The third-order valence-electron chi connectivity index (χ3n) is 5.64. The van der Waals surface area contributed by atoms with E-state index in [-0.39, 0.29) is 12.4 Å². The number of rotatable bonds is 6. The summed E-state index contributed by atoms with van der Waals surface area (Å²) < 4.78 is 16.4. The molecule has 0 radical (unpaired) electrons. The molecule has 1 aromatic carbocycles. The van der Waals surface area contributed by atoms with Gasteiger partial charge in [-0.15, -0.1) is 12.4 Å². The highest BCUT2D eigenvalue weighted by Crippen LogP contribution is 2.35. The van der Waals surface area contributed by atoms with Crippen LogP contribution in [0.5, 0.6) is 17.2 Å². The van der Waals surface area contributed by atoms with Crippen molar-refractivity contribution >= 4 is 12.4 Å². The van der Waals surface area contributed by atoms with E-state index < -0.39 is 0 Å². The summed E-state index contributed by atoms with van der Waals surface area (Å²) in [5, 5.41) is 0. The second kappa shape index (κ2) is 10.2. The number of hydrogen-bond donors (Lipinski definition) is 0. The number of halogens is 1. The molecule has 2 aliphatic rings. The van der Waals surface area contributed by atoms with Gasteiger partial charge in [0.1, 0.15) is 5.75 Å². The molecule has 0 unspecified atom stereocenters. The molecule has 0 aromatic heterocycles. The van der Waals surface area contributed by atoms with Crippen LogP contribution in [0, 0.1) is 0 Å². The van der Waals surface area contributed by atoms with Crippen molar-refractivity contribution in [3.63, 3.8) is 0 Å². The molecule has 2 fully saturated rings. The minimum absolute atomic E-state index is 0. The minimum Gasteiger partial charge on any atom is -0.496 e. The van der Waals surface area contributed by atoms with E-state index in [1.807, 2.05) is 12.1 Å². The normalized spacial score (nSPS) is 19.7. The van der Waals surface area contributed by atoms with E-state index in [2.05, 4.69) is 9.80 Å². The maximum Gasteiger partial charge on any atom is 0.164 e. The summed E-state index contributed by atoms with van der Waals surface area (Å²) in [5.74, 6) is 2.35. The summed E-state index contributed by atoms with van der Waals surface area (Å²) in [4.78, 5) is 5.25. The lowest BCUT2D eigenvalue weighted by Crippen LogP contribution is -2.46. The number of hydrogen-bond acceptors (Lipinski definition) is 5. The van der Waals surface area contributed by atoms with Gasteiger partial charge in [-0.25, -0.2) is 0 Å². The summed E-state index contributed by atoms with van der Waals surface area (Å²) in [5.41, 5.74) is 1.16. The molecule has 0 bridgehead atoms. The third kappa shape index (κ3) is 4.96. The third-order valence-corrected chi connectivity index (χ3v) is 5.64. The Bertz CT molecular complexity index is 556. The first-order chi connectivity index (χ1) is 12.2. The molecule has 0 spiro atoms. The molecule has 2 saturated heterocycles. The van der Waals surface area contributed by atoms with Crippen LogP contribution in [0.2, 0.25) is 0 Å². The summed E-state index contributed by atoms with van der Waals surface area (Å²) in [6.07, 6.45) is 6.71. The summed E-state index contributed by atoms with van der Waals surface area (Å²) in [6.45, 7) is 5.80. The Kier molecular flexibility index (Phi) is 8.32. The molecule has 3 rings (SSSR count). The summed E-state index contributed by atoms with van der Waals surface area (Å²) >= 11 is 0. The summed E-state index contributed by atoms with van der Waals surface area (Å²) in [7, 11) is 5.05. The SMILES string of the molecule is COc1cc(OC)c(OC)cc1CN1CCC(N2CCCCC2)CC1.Cl. The average molecular weight is 385 g/mol. The van der Waals surface area contributed by atoms with Crippen LogP contribution >= 0.6 is 12.4 Å². The monoisotopic (exact) mass is 384 g/mol. The molecule has 0 aliphatic carbocycles. The first kappa shape index (κ1) is 21.1. The predicted octanol–water partition coefficient (Wildman–Crippen LogP) is 3.58. The van der Waals surface area contributed by atoms with Gasteiger partial charge in [-0.05, 0) is 57.9 Å². The highest BCUT2D eigenvalue weighted by atomic mass is 35.5. The van der Waals surface area contributed by atoms with E-state index in [1.54, 1.807) is 21.3 Å².